The minimum Gasteiger partial charge on any atom is -0.492 e. The number of carbonyl (C=O) groups is 1. The van der Waals surface area contributed by atoms with E-state index in [1.807, 2.05) is 6.92 Å². The second-order valence-corrected chi connectivity index (χ2v) is 4.67. The first kappa shape index (κ1) is 17.5. The van der Waals surface area contributed by atoms with Crippen LogP contribution in [0.1, 0.15) is 12.5 Å². The SMILES string of the molecule is CCOc1ccccc1NC(=O)/C=C/c1ccccc1OC(F)F. The molecule has 0 aliphatic carbocycles. The second kappa shape index (κ2) is 8.67. The maximum Gasteiger partial charge on any atom is 0.387 e. The average Bonchev–Trinajstić information content (AvgIpc) is 2.55. The Morgan fingerprint density at radius 3 is 2.50 bits per heavy atom. The molecule has 2 rings (SSSR count). The summed E-state index contributed by atoms with van der Waals surface area (Å²) in [6.07, 6.45) is 2.66. The predicted octanol–water partition coefficient (Wildman–Crippen LogP) is 4.34. The minimum atomic E-state index is -2.92. The molecule has 1 amide bonds. The van der Waals surface area contributed by atoms with Crippen LogP contribution in [0.15, 0.2) is 54.6 Å². The summed E-state index contributed by atoms with van der Waals surface area (Å²) in [6, 6.07) is 13.3. The van der Waals surface area contributed by atoms with E-state index in [9.17, 15) is 13.6 Å². The van der Waals surface area contributed by atoms with Crippen LogP contribution >= 0.6 is 0 Å². The average molecular weight is 333 g/mol. The maximum atomic E-state index is 12.4. The normalized spacial score (nSPS) is 10.8. The van der Waals surface area contributed by atoms with Crippen molar-refractivity contribution in [1.82, 2.24) is 0 Å². The largest absolute Gasteiger partial charge is 0.492 e. The lowest BCUT2D eigenvalue weighted by Gasteiger charge is -2.10. The van der Waals surface area contributed by atoms with Crippen LogP contribution in [0, 0.1) is 0 Å². The molecule has 0 saturated heterocycles. The Hall–Kier alpha value is -2.89. The van der Waals surface area contributed by atoms with Gasteiger partial charge in [0.1, 0.15) is 11.5 Å². The van der Waals surface area contributed by atoms with Crippen molar-refractivity contribution >= 4 is 17.7 Å². The molecular formula is C18H17F2NO3. The van der Waals surface area contributed by atoms with Crippen molar-refractivity contribution in [2.75, 3.05) is 11.9 Å². The van der Waals surface area contributed by atoms with Gasteiger partial charge in [0.25, 0.3) is 0 Å². The number of hydrogen-bond acceptors (Lipinski definition) is 3. The number of halogens is 2. The fourth-order valence-electron chi connectivity index (χ4n) is 2.01. The summed E-state index contributed by atoms with van der Waals surface area (Å²) in [5.74, 6) is 0.156. The zero-order valence-electron chi connectivity index (χ0n) is 13.0. The highest BCUT2D eigenvalue weighted by Gasteiger charge is 2.08. The molecule has 0 fully saturated rings. The highest BCUT2D eigenvalue weighted by atomic mass is 19.3. The smallest absolute Gasteiger partial charge is 0.387 e. The maximum absolute atomic E-state index is 12.4. The van der Waals surface area contributed by atoms with Gasteiger partial charge in [0.05, 0.1) is 12.3 Å². The van der Waals surface area contributed by atoms with E-state index in [1.54, 1.807) is 42.5 Å². The van der Waals surface area contributed by atoms with E-state index in [0.717, 1.165) is 0 Å². The third-order valence-electron chi connectivity index (χ3n) is 2.99. The summed E-state index contributed by atoms with van der Waals surface area (Å²) in [5, 5.41) is 2.69. The first-order valence-corrected chi connectivity index (χ1v) is 7.35. The molecule has 0 aromatic heterocycles. The quantitative estimate of drug-likeness (QED) is 0.767. The van der Waals surface area contributed by atoms with Crippen molar-refractivity contribution in [3.63, 3.8) is 0 Å². The Balaban J connectivity index is 2.09. The third kappa shape index (κ3) is 5.08. The molecule has 0 aliphatic rings. The zero-order chi connectivity index (χ0) is 17.4. The van der Waals surface area contributed by atoms with Gasteiger partial charge in [-0.1, -0.05) is 30.3 Å². The zero-order valence-corrected chi connectivity index (χ0v) is 13.0. The van der Waals surface area contributed by atoms with Gasteiger partial charge >= 0.3 is 6.61 Å². The first-order valence-electron chi connectivity index (χ1n) is 7.35. The van der Waals surface area contributed by atoms with Gasteiger partial charge in [-0.05, 0) is 31.2 Å². The minimum absolute atomic E-state index is 0.00580. The molecule has 0 atom stereocenters. The van der Waals surface area contributed by atoms with Crippen LogP contribution in [0.25, 0.3) is 6.08 Å². The molecule has 2 aromatic carbocycles. The molecule has 6 heteroatoms. The number of carbonyl (C=O) groups excluding carboxylic acids is 1. The van der Waals surface area contributed by atoms with Gasteiger partial charge in [-0.15, -0.1) is 0 Å². The van der Waals surface area contributed by atoms with Gasteiger partial charge < -0.3 is 14.8 Å². The number of ether oxygens (including phenoxy) is 2. The molecule has 0 spiro atoms. The number of nitrogens with one attached hydrogen (secondary N) is 1. The van der Waals surface area contributed by atoms with E-state index in [-0.39, 0.29) is 5.75 Å². The summed E-state index contributed by atoms with van der Waals surface area (Å²) < 4.78 is 34.6. The summed E-state index contributed by atoms with van der Waals surface area (Å²) in [5.41, 5.74) is 0.914. The van der Waals surface area contributed by atoms with Crippen molar-refractivity contribution in [1.29, 1.82) is 0 Å². The molecule has 2 aromatic rings. The lowest BCUT2D eigenvalue weighted by Crippen LogP contribution is -2.09. The molecule has 0 saturated carbocycles. The molecule has 24 heavy (non-hydrogen) atoms. The van der Waals surface area contributed by atoms with Crippen molar-refractivity contribution in [3.8, 4) is 11.5 Å². The number of para-hydroxylation sites is 3. The Morgan fingerprint density at radius 2 is 1.79 bits per heavy atom. The van der Waals surface area contributed by atoms with Crippen molar-refractivity contribution in [2.45, 2.75) is 13.5 Å². The van der Waals surface area contributed by atoms with E-state index in [2.05, 4.69) is 10.1 Å². The summed E-state index contributed by atoms with van der Waals surface area (Å²) in [6.45, 7) is -0.606. The van der Waals surface area contributed by atoms with Crippen LogP contribution in [-0.4, -0.2) is 19.1 Å². The molecule has 4 nitrogen and oxygen atoms in total. The predicted molar refractivity (Wildman–Crippen MR) is 88.3 cm³/mol. The van der Waals surface area contributed by atoms with Crippen LogP contribution in [0.2, 0.25) is 0 Å². The fraction of sp³-hybridized carbons (Fsp3) is 0.167. The molecule has 0 heterocycles. The molecule has 0 aliphatic heterocycles. The Morgan fingerprint density at radius 1 is 1.12 bits per heavy atom. The van der Waals surface area contributed by atoms with Crippen LogP contribution in [0.3, 0.4) is 0 Å². The lowest BCUT2D eigenvalue weighted by molar-refractivity contribution is -0.111. The monoisotopic (exact) mass is 333 g/mol. The summed E-state index contributed by atoms with van der Waals surface area (Å²) in [4.78, 5) is 12.0. The lowest BCUT2D eigenvalue weighted by atomic mass is 10.2. The van der Waals surface area contributed by atoms with Crippen LogP contribution < -0.4 is 14.8 Å². The standard InChI is InChI=1S/C18H17F2NO3/c1-2-23-16-10-6-4-8-14(16)21-17(22)12-11-13-7-3-5-9-15(13)24-18(19)20/h3-12,18H,2H2,1H3,(H,21,22)/b12-11+. The van der Waals surface area contributed by atoms with Crippen molar-refractivity contribution in [2.24, 2.45) is 0 Å². The highest BCUT2D eigenvalue weighted by molar-refractivity contribution is 6.02. The van der Waals surface area contributed by atoms with Crippen LogP contribution in [-0.2, 0) is 4.79 Å². The highest BCUT2D eigenvalue weighted by Crippen LogP contribution is 2.24. The molecule has 0 radical (unpaired) electrons. The number of benzene rings is 2. The molecule has 126 valence electrons. The van der Waals surface area contributed by atoms with Gasteiger partial charge in [-0.25, -0.2) is 0 Å². The molecule has 1 N–H and O–H groups in total. The van der Waals surface area contributed by atoms with E-state index < -0.39 is 12.5 Å². The van der Waals surface area contributed by atoms with Crippen LogP contribution in [0.5, 0.6) is 11.5 Å². The van der Waals surface area contributed by atoms with E-state index >= 15 is 0 Å². The number of alkyl halides is 2. The summed E-state index contributed by atoms with van der Waals surface area (Å²) in [7, 11) is 0. The van der Waals surface area contributed by atoms with Gasteiger partial charge in [0.15, 0.2) is 0 Å². The Bertz CT molecular complexity index is 717. The number of amides is 1. The van der Waals surface area contributed by atoms with E-state index in [0.29, 0.717) is 23.6 Å². The van der Waals surface area contributed by atoms with E-state index in [1.165, 1.54) is 18.2 Å². The van der Waals surface area contributed by atoms with Crippen LogP contribution in [0.4, 0.5) is 14.5 Å². The number of anilines is 1. The van der Waals surface area contributed by atoms with Gasteiger partial charge in [0.2, 0.25) is 5.91 Å². The van der Waals surface area contributed by atoms with Gasteiger partial charge in [0, 0.05) is 11.6 Å². The first-order chi connectivity index (χ1) is 11.6. The Labute approximate surface area is 138 Å². The molecule has 0 bridgehead atoms. The molecular weight excluding hydrogens is 316 g/mol. The van der Waals surface area contributed by atoms with Gasteiger partial charge in [-0.3, -0.25) is 4.79 Å². The fourth-order valence-corrected chi connectivity index (χ4v) is 2.01. The van der Waals surface area contributed by atoms with Crippen molar-refractivity contribution in [3.05, 3.63) is 60.2 Å². The van der Waals surface area contributed by atoms with Crippen molar-refractivity contribution < 1.29 is 23.0 Å². The topological polar surface area (TPSA) is 47.6 Å². The Kier molecular flexibility index (Phi) is 6.31. The third-order valence-corrected chi connectivity index (χ3v) is 2.99. The van der Waals surface area contributed by atoms with E-state index in [4.69, 9.17) is 4.74 Å². The van der Waals surface area contributed by atoms with Gasteiger partial charge in [-0.2, -0.15) is 8.78 Å². The number of rotatable bonds is 7. The molecule has 0 unspecified atom stereocenters. The summed E-state index contributed by atoms with van der Waals surface area (Å²) >= 11 is 0. The second-order valence-electron chi connectivity index (χ2n) is 4.67. The number of hydrogen-bond donors (Lipinski definition) is 1.